The smallest absolute Gasteiger partial charge is 0.243 e. The Bertz CT molecular complexity index is 1240. The van der Waals surface area contributed by atoms with Gasteiger partial charge in [0.05, 0.1) is 36.2 Å². The average Bonchev–Trinajstić information content (AvgIpc) is 2.86. The summed E-state index contributed by atoms with van der Waals surface area (Å²) >= 11 is 0. The first-order valence-electron chi connectivity index (χ1n) is 11.4. The number of hydrogen-bond donors (Lipinski definition) is 1. The van der Waals surface area contributed by atoms with Crippen LogP contribution in [-0.2, 0) is 35.8 Å². The molecule has 0 aromatic heterocycles. The van der Waals surface area contributed by atoms with Crippen LogP contribution < -0.4 is 10.1 Å². The molecule has 1 fully saturated rings. The lowest BCUT2D eigenvalue weighted by atomic mass is 10.0. The highest BCUT2D eigenvalue weighted by molar-refractivity contribution is 7.90. The molecule has 3 rings (SSSR count). The molecule has 0 bridgehead atoms. The van der Waals surface area contributed by atoms with E-state index in [0.717, 1.165) is 11.8 Å². The van der Waals surface area contributed by atoms with Crippen LogP contribution in [0.25, 0.3) is 0 Å². The lowest BCUT2D eigenvalue weighted by Gasteiger charge is -2.26. The Labute approximate surface area is 207 Å². The summed E-state index contributed by atoms with van der Waals surface area (Å²) < 4.78 is 61.4. The molecule has 1 aliphatic heterocycles. The molecular formula is C24H32N2O7S2. The molecule has 1 heterocycles. The van der Waals surface area contributed by atoms with E-state index in [1.165, 1.54) is 29.6 Å². The highest BCUT2D eigenvalue weighted by Crippen LogP contribution is 2.26. The summed E-state index contributed by atoms with van der Waals surface area (Å²) in [6, 6.07) is 10.9. The number of sulfone groups is 1. The van der Waals surface area contributed by atoms with Gasteiger partial charge in [0.25, 0.3) is 0 Å². The first kappa shape index (κ1) is 27.1. The van der Waals surface area contributed by atoms with Crippen LogP contribution in [0, 0.1) is 0 Å². The maximum absolute atomic E-state index is 13.0. The van der Waals surface area contributed by atoms with Crippen molar-refractivity contribution in [1.29, 1.82) is 0 Å². The summed E-state index contributed by atoms with van der Waals surface area (Å²) in [6.07, 6.45) is 2.21. The standard InChI is InChI=1S/C24H32N2O7S2/c1-4-22(18-5-8-20(9-6-18)34(3,28)29)25-24(27)12-7-19-17-21(10-11-23(19)32-2)35(30,31)26-13-15-33-16-14-26/h5-6,8-11,17,22H,4,7,12-16H2,1-3H3,(H,25,27)/t22-/m1/s1. The third-order valence-electron chi connectivity index (χ3n) is 5.94. The molecule has 9 nitrogen and oxygen atoms in total. The predicted molar refractivity (Wildman–Crippen MR) is 132 cm³/mol. The number of nitrogens with zero attached hydrogens (tertiary/aromatic N) is 1. The molecule has 2 aromatic rings. The number of amides is 1. The van der Waals surface area contributed by atoms with Gasteiger partial charge in [0.1, 0.15) is 5.75 Å². The number of morpholine rings is 1. The Morgan fingerprint density at radius 2 is 1.69 bits per heavy atom. The van der Waals surface area contributed by atoms with Crippen LogP contribution in [0.3, 0.4) is 0 Å². The fourth-order valence-corrected chi connectivity index (χ4v) is 6.02. The summed E-state index contributed by atoms with van der Waals surface area (Å²) in [6.45, 7) is 3.25. The summed E-state index contributed by atoms with van der Waals surface area (Å²) in [4.78, 5) is 13.1. The van der Waals surface area contributed by atoms with Crippen LogP contribution in [0.1, 0.15) is 36.9 Å². The van der Waals surface area contributed by atoms with Crippen molar-refractivity contribution < 1.29 is 31.1 Å². The third-order valence-corrected chi connectivity index (χ3v) is 8.96. The van der Waals surface area contributed by atoms with Crippen molar-refractivity contribution in [2.45, 2.75) is 42.0 Å². The van der Waals surface area contributed by atoms with Crippen molar-refractivity contribution in [2.24, 2.45) is 0 Å². The van der Waals surface area contributed by atoms with E-state index in [9.17, 15) is 21.6 Å². The molecular weight excluding hydrogens is 492 g/mol. The Morgan fingerprint density at radius 3 is 2.26 bits per heavy atom. The predicted octanol–water partition coefficient (Wildman–Crippen LogP) is 2.32. The van der Waals surface area contributed by atoms with Gasteiger partial charge in [-0.2, -0.15) is 4.31 Å². The van der Waals surface area contributed by atoms with Crippen LogP contribution >= 0.6 is 0 Å². The quantitative estimate of drug-likeness (QED) is 0.507. The lowest BCUT2D eigenvalue weighted by molar-refractivity contribution is -0.121. The van der Waals surface area contributed by atoms with Gasteiger partial charge in [0.2, 0.25) is 15.9 Å². The SMILES string of the molecule is CC[C@@H](NC(=O)CCc1cc(S(=O)(=O)N2CCOCC2)ccc1OC)c1ccc(S(C)(=O)=O)cc1. The molecule has 0 spiro atoms. The van der Waals surface area contributed by atoms with Gasteiger partial charge in [-0.15, -0.1) is 0 Å². The second-order valence-corrected chi connectivity index (χ2v) is 12.3. The zero-order valence-corrected chi connectivity index (χ0v) is 21.8. The summed E-state index contributed by atoms with van der Waals surface area (Å²) in [5, 5.41) is 2.98. The number of aryl methyl sites for hydroxylation is 1. The molecule has 11 heteroatoms. The summed E-state index contributed by atoms with van der Waals surface area (Å²) in [5.41, 5.74) is 1.44. The van der Waals surface area contributed by atoms with Crippen molar-refractivity contribution in [3.63, 3.8) is 0 Å². The number of benzene rings is 2. The molecule has 1 aliphatic rings. The molecule has 0 saturated carbocycles. The molecule has 1 atom stereocenters. The van der Waals surface area contributed by atoms with Gasteiger partial charge in [-0.3, -0.25) is 4.79 Å². The maximum Gasteiger partial charge on any atom is 0.243 e. The van der Waals surface area contributed by atoms with Crippen molar-refractivity contribution in [2.75, 3.05) is 39.7 Å². The number of sulfonamides is 1. The maximum atomic E-state index is 13.0. The number of rotatable bonds is 10. The van der Waals surface area contributed by atoms with Gasteiger partial charge in [-0.25, -0.2) is 16.8 Å². The zero-order chi connectivity index (χ0) is 25.6. The Morgan fingerprint density at radius 1 is 1.06 bits per heavy atom. The van der Waals surface area contributed by atoms with Crippen molar-refractivity contribution in [3.8, 4) is 5.75 Å². The van der Waals surface area contributed by atoms with E-state index < -0.39 is 19.9 Å². The first-order valence-corrected chi connectivity index (χ1v) is 14.7. The van der Waals surface area contributed by atoms with E-state index in [1.807, 2.05) is 6.92 Å². The number of methoxy groups -OCH3 is 1. The molecule has 2 aromatic carbocycles. The van der Waals surface area contributed by atoms with E-state index in [1.54, 1.807) is 24.3 Å². The summed E-state index contributed by atoms with van der Waals surface area (Å²) in [5.74, 6) is 0.315. The topological polar surface area (TPSA) is 119 Å². The molecule has 1 saturated heterocycles. The molecule has 192 valence electrons. The zero-order valence-electron chi connectivity index (χ0n) is 20.2. The Hall–Kier alpha value is -2.47. The number of hydrogen-bond acceptors (Lipinski definition) is 7. The van der Waals surface area contributed by atoms with Gasteiger partial charge in [0, 0.05) is 25.8 Å². The fraction of sp³-hybridized carbons (Fsp3) is 0.458. The van der Waals surface area contributed by atoms with Crippen molar-refractivity contribution >= 4 is 25.8 Å². The minimum Gasteiger partial charge on any atom is -0.496 e. The molecule has 1 amide bonds. The number of nitrogens with one attached hydrogen (secondary N) is 1. The largest absolute Gasteiger partial charge is 0.496 e. The molecule has 1 N–H and O–H groups in total. The molecule has 0 radical (unpaired) electrons. The van der Waals surface area contributed by atoms with Crippen molar-refractivity contribution in [1.82, 2.24) is 9.62 Å². The van der Waals surface area contributed by atoms with Gasteiger partial charge < -0.3 is 14.8 Å². The molecule has 35 heavy (non-hydrogen) atoms. The second kappa shape index (κ2) is 11.5. The normalized spacial score (nSPS) is 16.0. The van der Waals surface area contributed by atoms with E-state index in [2.05, 4.69) is 5.32 Å². The fourth-order valence-electron chi connectivity index (χ4n) is 3.93. The number of carbonyl (C=O) groups is 1. The highest BCUT2D eigenvalue weighted by Gasteiger charge is 2.27. The minimum absolute atomic E-state index is 0.134. The molecule has 0 aliphatic carbocycles. The molecule has 0 unspecified atom stereocenters. The number of ether oxygens (including phenoxy) is 2. The first-order chi connectivity index (χ1) is 16.6. The van der Waals surface area contributed by atoms with Gasteiger partial charge in [-0.05, 0) is 54.3 Å². The van der Waals surface area contributed by atoms with Gasteiger partial charge >= 0.3 is 0 Å². The Balaban J connectivity index is 1.69. The van der Waals surface area contributed by atoms with Crippen LogP contribution in [0.4, 0.5) is 0 Å². The Kier molecular flexibility index (Phi) is 8.92. The van der Waals surface area contributed by atoms with Crippen LogP contribution in [0.15, 0.2) is 52.3 Å². The van der Waals surface area contributed by atoms with E-state index in [0.29, 0.717) is 50.5 Å². The van der Waals surface area contributed by atoms with E-state index >= 15 is 0 Å². The minimum atomic E-state index is -3.67. The summed E-state index contributed by atoms with van der Waals surface area (Å²) in [7, 11) is -5.46. The van der Waals surface area contributed by atoms with Crippen LogP contribution in [-0.4, -0.2) is 66.7 Å². The van der Waals surface area contributed by atoms with Gasteiger partial charge in [-0.1, -0.05) is 19.1 Å². The van der Waals surface area contributed by atoms with Crippen LogP contribution in [0.5, 0.6) is 5.75 Å². The lowest BCUT2D eigenvalue weighted by Crippen LogP contribution is -2.40. The number of carbonyl (C=O) groups excluding carboxylic acids is 1. The van der Waals surface area contributed by atoms with Crippen LogP contribution in [0.2, 0.25) is 0 Å². The van der Waals surface area contributed by atoms with Gasteiger partial charge in [0.15, 0.2) is 9.84 Å². The second-order valence-electron chi connectivity index (χ2n) is 8.36. The third kappa shape index (κ3) is 6.81. The van der Waals surface area contributed by atoms with Crippen molar-refractivity contribution in [3.05, 3.63) is 53.6 Å². The van der Waals surface area contributed by atoms with E-state index in [4.69, 9.17) is 9.47 Å². The average molecular weight is 525 g/mol. The van der Waals surface area contributed by atoms with E-state index in [-0.39, 0.29) is 28.2 Å². The monoisotopic (exact) mass is 524 g/mol. The highest BCUT2D eigenvalue weighted by atomic mass is 32.2.